The highest BCUT2D eigenvalue weighted by Gasteiger charge is 2.30. The van der Waals surface area contributed by atoms with Crippen molar-refractivity contribution >= 4 is 5.91 Å². The van der Waals surface area contributed by atoms with E-state index in [0.717, 1.165) is 19.5 Å². The van der Waals surface area contributed by atoms with Gasteiger partial charge in [0.1, 0.15) is 0 Å². The number of nitrogens with two attached hydrogens (primary N) is 1. The quantitative estimate of drug-likeness (QED) is 0.903. The van der Waals surface area contributed by atoms with Gasteiger partial charge in [0.05, 0.1) is 13.2 Å². The van der Waals surface area contributed by atoms with Gasteiger partial charge in [-0.3, -0.25) is 9.69 Å². The van der Waals surface area contributed by atoms with E-state index in [9.17, 15) is 4.79 Å². The first-order valence-electron chi connectivity index (χ1n) is 7.04. The molecule has 0 radical (unpaired) electrons. The van der Waals surface area contributed by atoms with Crippen molar-refractivity contribution < 1.29 is 9.53 Å². The van der Waals surface area contributed by atoms with Crippen LogP contribution in [0, 0.1) is 5.92 Å². The van der Waals surface area contributed by atoms with E-state index in [1.165, 1.54) is 5.56 Å². The monoisotopic (exact) mass is 277 g/mol. The van der Waals surface area contributed by atoms with Crippen LogP contribution in [0.15, 0.2) is 18.3 Å². The number of amides is 1. The molecule has 0 bridgehead atoms. The summed E-state index contributed by atoms with van der Waals surface area (Å²) in [6.45, 7) is 5.86. The van der Waals surface area contributed by atoms with Crippen LogP contribution in [0.2, 0.25) is 0 Å². The van der Waals surface area contributed by atoms with Gasteiger partial charge in [-0.15, -0.1) is 0 Å². The third-order valence-electron chi connectivity index (χ3n) is 4.09. The van der Waals surface area contributed by atoms with Crippen LogP contribution < -0.4 is 10.5 Å². The fourth-order valence-electron chi connectivity index (χ4n) is 2.88. The van der Waals surface area contributed by atoms with E-state index < -0.39 is 0 Å². The third-order valence-corrected chi connectivity index (χ3v) is 4.09. The average Bonchev–Trinajstić information content (AvgIpc) is 2.45. The molecule has 20 heavy (non-hydrogen) atoms. The van der Waals surface area contributed by atoms with Crippen LogP contribution in [0.1, 0.15) is 31.7 Å². The van der Waals surface area contributed by atoms with Gasteiger partial charge < -0.3 is 10.5 Å². The van der Waals surface area contributed by atoms with Gasteiger partial charge >= 0.3 is 0 Å². The van der Waals surface area contributed by atoms with Crippen molar-refractivity contribution in [2.24, 2.45) is 11.7 Å². The maximum absolute atomic E-state index is 11.4. The first-order valence-corrected chi connectivity index (χ1v) is 7.04. The van der Waals surface area contributed by atoms with E-state index in [0.29, 0.717) is 17.7 Å². The summed E-state index contributed by atoms with van der Waals surface area (Å²) >= 11 is 0. The number of primary amides is 1. The molecule has 110 valence electrons. The predicted molar refractivity (Wildman–Crippen MR) is 77.5 cm³/mol. The number of likely N-dealkylation sites (tertiary alicyclic amines) is 1. The van der Waals surface area contributed by atoms with E-state index in [2.05, 4.69) is 22.9 Å². The highest BCUT2D eigenvalue weighted by molar-refractivity contribution is 5.79. The zero-order chi connectivity index (χ0) is 14.7. The van der Waals surface area contributed by atoms with Gasteiger partial charge in [0.2, 0.25) is 11.8 Å². The van der Waals surface area contributed by atoms with Crippen LogP contribution in [0.4, 0.5) is 0 Å². The molecule has 2 heterocycles. The Kier molecular flexibility index (Phi) is 4.60. The van der Waals surface area contributed by atoms with Gasteiger partial charge in [0.25, 0.3) is 0 Å². The molecule has 1 aliphatic heterocycles. The molecule has 3 unspecified atom stereocenters. The predicted octanol–water partition coefficient (Wildman–Crippen LogP) is 1.39. The van der Waals surface area contributed by atoms with E-state index >= 15 is 0 Å². The minimum Gasteiger partial charge on any atom is -0.481 e. The minimum atomic E-state index is -0.259. The number of carbonyl (C=O) groups excluding carboxylic acids is 1. The Morgan fingerprint density at radius 3 is 2.80 bits per heavy atom. The molecule has 5 nitrogen and oxygen atoms in total. The number of hydrogen-bond donors (Lipinski definition) is 1. The third kappa shape index (κ3) is 3.28. The summed E-state index contributed by atoms with van der Waals surface area (Å²) in [6, 6.07) is 3.73. The minimum absolute atomic E-state index is 0.216. The molecular weight excluding hydrogens is 254 g/mol. The number of aromatic nitrogens is 1. The van der Waals surface area contributed by atoms with Crippen molar-refractivity contribution in [3.8, 4) is 5.88 Å². The summed E-state index contributed by atoms with van der Waals surface area (Å²) in [5, 5.41) is 0. The van der Waals surface area contributed by atoms with Crippen LogP contribution in [0.5, 0.6) is 5.88 Å². The number of methoxy groups -OCH3 is 1. The zero-order valence-electron chi connectivity index (χ0n) is 12.4. The van der Waals surface area contributed by atoms with E-state index in [1.807, 2.05) is 19.2 Å². The van der Waals surface area contributed by atoms with E-state index in [-0.39, 0.29) is 11.9 Å². The normalized spacial score (nSPS) is 25.1. The van der Waals surface area contributed by atoms with Crippen molar-refractivity contribution in [3.05, 3.63) is 23.9 Å². The lowest BCUT2D eigenvalue weighted by molar-refractivity contribution is -0.123. The topological polar surface area (TPSA) is 68.5 Å². The Morgan fingerprint density at radius 1 is 1.50 bits per heavy atom. The Morgan fingerprint density at radius 2 is 2.25 bits per heavy atom. The van der Waals surface area contributed by atoms with Crippen LogP contribution in [-0.4, -0.2) is 42.0 Å². The average molecular weight is 277 g/mol. The SMILES string of the molecule is COc1ccc(C2CC(C)CN(C(C)C(N)=O)C2)cn1. The first kappa shape index (κ1) is 14.8. The molecule has 1 saturated heterocycles. The van der Waals surface area contributed by atoms with Gasteiger partial charge in [0.15, 0.2) is 0 Å². The molecular formula is C15H23N3O2. The number of rotatable bonds is 4. The summed E-state index contributed by atoms with van der Waals surface area (Å²) < 4.78 is 5.09. The van der Waals surface area contributed by atoms with Crippen molar-refractivity contribution in [2.45, 2.75) is 32.2 Å². The summed E-state index contributed by atoms with van der Waals surface area (Å²) in [7, 11) is 1.61. The smallest absolute Gasteiger partial charge is 0.234 e. The second-order valence-corrected chi connectivity index (χ2v) is 5.70. The maximum Gasteiger partial charge on any atom is 0.234 e. The second kappa shape index (κ2) is 6.22. The molecule has 0 aliphatic carbocycles. The van der Waals surface area contributed by atoms with Crippen molar-refractivity contribution in [1.82, 2.24) is 9.88 Å². The van der Waals surface area contributed by atoms with Gasteiger partial charge in [-0.25, -0.2) is 4.98 Å². The zero-order valence-corrected chi connectivity index (χ0v) is 12.4. The number of carbonyl (C=O) groups is 1. The molecule has 1 aromatic heterocycles. The lowest BCUT2D eigenvalue weighted by atomic mass is 9.85. The first-order chi connectivity index (χ1) is 9.51. The van der Waals surface area contributed by atoms with Crippen LogP contribution in [0.25, 0.3) is 0 Å². The molecule has 3 atom stereocenters. The van der Waals surface area contributed by atoms with Crippen molar-refractivity contribution in [2.75, 3.05) is 20.2 Å². The van der Waals surface area contributed by atoms with Gasteiger partial charge in [0, 0.05) is 25.4 Å². The second-order valence-electron chi connectivity index (χ2n) is 5.70. The lowest BCUT2D eigenvalue weighted by Crippen LogP contribution is -2.49. The molecule has 0 aromatic carbocycles. The lowest BCUT2D eigenvalue weighted by Gasteiger charge is -2.39. The van der Waals surface area contributed by atoms with Gasteiger partial charge in [-0.1, -0.05) is 13.0 Å². The molecule has 0 saturated carbocycles. The van der Waals surface area contributed by atoms with Gasteiger partial charge in [-0.2, -0.15) is 0 Å². The number of piperidine rings is 1. The van der Waals surface area contributed by atoms with Crippen molar-refractivity contribution in [1.29, 1.82) is 0 Å². The fraction of sp³-hybridized carbons (Fsp3) is 0.600. The van der Waals surface area contributed by atoms with E-state index in [4.69, 9.17) is 10.5 Å². The van der Waals surface area contributed by atoms with Crippen molar-refractivity contribution in [3.63, 3.8) is 0 Å². The molecule has 0 spiro atoms. The van der Waals surface area contributed by atoms with Crippen LogP contribution in [0.3, 0.4) is 0 Å². The fourth-order valence-corrected chi connectivity index (χ4v) is 2.88. The Balaban J connectivity index is 2.12. The largest absolute Gasteiger partial charge is 0.481 e. The van der Waals surface area contributed by atoms with E-state index in [1.54, 1.807) is 7.11 Å². The highest BCUT2D eigenvalue weighted by atomic mass is 16.5. The molecule has 1 aliphatic rings. The maximum atomic E-state index is 11.4. The highest BCUT2D eigenvalue weighted by Crippen LogP contribution is 2.31. The Labute approximate surface area is 120 Å². The summed E-state index contributed by atoms with van der Waals surface area (Å²) in [5.41, 5.74) is 6.62. The Hall–Kier alpha value is -1.62. The summed E-state index contributed by atoms with van der Waals surface area (Å²) in [6.07, 6.45) is 2.98. The standard InChI is InChI=1S/C15H23N3O2/c1-10-6-13(9-18(8-10)11(2)15(16)19)12-4-5-14(20-3)17-7-12/h4-5,7,10-11,13H,6,8-9H2,1-3H3,(H2,16,19). The molecule has 2 N–H and O–H groups in total. The van der Waals surface area contributed by atoms with Gasteiger partial charge in [-0.05, 0) is 30.7 Å². The molecule has 1 amide bonds. The molecule has 2 rings (SSSR count). The molecule has 1 fully saturated rings. The molecule has 5 heteroatoms. The summed E-state index contributed by atoms with van der Waals surface area (Å²) in [4.78, 5) is 17.8. The van der Waals surface area contributed by atoms with Crippen LogP contribution >= 0.6 is 0 Å². The Bertz CT molecular complexity index is 461. The van der Waals surface area contributed by atoms with Crippen LogP contribution in [-0.2, 0) is 4.79 Å². The summed E-state index contributed by atoms with van der Waals surface area (Å²) in [5.74, 6) is 1.29. The number of ether oxygens (including phenoxy) is 1. The number of pyridine rings is 1. The number of nitrogens with zero attached hydrogens (tertiary/aromatic N) is 2. The number of hydrogen-bond acceptors (Lipinski definition) is 4. The molecule has 1 aromatic rings.